The second-order valence-electron chi connectivity index (χ2n) is 16.8. The van der Waals surface area contributed by atoms with E-state index in [1.165, 1.54) is 43.0 Å². The molecule has 0 radical (unpaired) electrons. The van der Waals surface area contributed by atoms with Crippen molar-refractivity contribution in [2.45, 2.75) is 163 Å². The van der Waals surface area contributed by atoms with E-state index < -0.39 is 0 Å². The lowest BCUT2D eigenvalue weighted by Crippen LogP contribution is -2.45. The number of phenolic OH excluding ortho intramolecular Hbond substituents is 2. The number of unbranched alkanes of at least 4 members (excludes halogenated alkanes) is 4. The molecular weight excluding hydrogens is 788 g/mol. The van der Waals surface area contributed by atoms with Crippen LogP contribution in [0.5, 0.6) is 23.0 Å². The number of rotatable bonds is 10. The number of hydrogen-bond donors (Lipinski definition) is 2. The third kappa shape index (κ3) is 13.0. The summed E-state index contributed by atoms with van der Waals surface area (Å²) in [6, 6.07) is 4.13. The third-order valence-corrected chi connectivity index (χ3v) is 11.9. The average molecular weight is 865 g/mol. The number of ether oxygens (including phenoxy) is 2. The molecule has 0 amide bonds. The van der Waals surface area contributed by atoms with Gasteiger partial charge in [0.2, 0.25) is 0 Å². The lowest BCUT2D eigenvalue weighted by molar-refractivity contribution is 0.0106. The van der Waals surface area contributed by atoms with Gasteiger partial charge >= 0.3 is 0 Å². The third-order valence-electron chi connectivity index (χ3n) is 11.9. The van der Waals surface area contributed by atoms with Gasteiger partial charge in [0, 0.05) is 54.5 Å². The molecule has 2 heterocycles. The van der Waals surface area contributed by atoms with E-state index in [1.807, 2.05) is 6.07 Å². The Bertz CT molecular complexity index is 1840. The quantitative estimate of drug-likeness (QED) is 0.141. The monoisotopic (exact) mass is 865 g/mol. The van der Waals surface area contributed by atoms with Gasteiger partial charge in [-0.2, -0.15) is 34.0 Å². The molecule has 0 fully saturated rings. The van der Waals surface area contributed by atoms with Crippen LogP contribution in [-0.2, 0) is 12.8 Å². The highest BCUT2D eigenvalue weighted by Crippen LogP contribution is 2.60. The van der Waals surface area contributed by atoms with Crippen molar-refractivity contribution in [1.82, 2.24) is 0 Å². The Labute approximate surface area is 366 Å². The van der Waals surface area contributed by atoms with Gasteiger partial charge in [0.25, 0.3) is 13.6 Å². The Morgan fingerprint density at radius 3 is 1.72 bits per heavy atom. The van der Waals surface area contributed by atoms with E-state index in [0.717, 1.165) is 80.2 Å². The zero-order chi connectivity index (χ0) is 40.5. The first-order valence-electron chi connectivity index (χ1n) is 20.6. The molecule has 0 saturated heterocycles. The summed E-state index contributed by atoms with van der Waals surface area (Å²) in [4.78, 5) is 3.00. The largest absolute Gasteiger partial charge is 0.507 e. The van der Waals surface area contributed by atoms with Crippen LogP contribution < -0.4 is 9.47 Å². The highest BCUT2D eigenvalue weighted by atomic mass is 32.1. The van der Waals surface area contributed by atoms with E-state index in [1.54, 1.807) is 14.1 Å². The molecule has 2 aromatic rings. The molecule has 0 spiro atoms. The Hall–Kier alpha value is -4.05. The zero-order valence-corrected chi connectivity index (χ0v) is 38.4. The van der Waals surface area contributed by atoms with Gasteiger partial charge in [0.15, 0.2) is 11.5 Å². The van der Waals surface area contributed by atoms with E-state index in [4.69, 9.17) is 9.47 Å². The second-order valence-corrected chi connectivity index (χ2v) is 16.8. The summed E-state index contributed by atoms with van der Waals surface area (Å²) >= 11 is 0. The van der Waals surface area contributed by atoms with Crippen LogP contribution in [0.1, 0.15) is 161 Å². The Kier molecular flexibility index (Phi) is 24.8. The lowest BCUT2D eigenvalue weighted by atomic mass is 9.67. The number of benzene rings is 2. The predicted octanol–water partition coefficient (Wildman–Crippen LogP) is 14.7. The molecular formula is C47H77F3N5O4S+. The van der Waals surface area contributed by atoms with Crippen molar-refractivity contribution in [2.24, 2.45) is 32.3 Å². The standard InChI is InChI=1S/C23H34N4O2.C21H30O2.C2H4N.CH4.3FH.H2S/c1-7-8-9-10-15-19(26-24-5)21(28)18-16-13-14(2)11-12-17(16)23(3,4)29-22(18)20(15)27-25-6;1-5-6-7-8-15-12-18(22)20-16-11-14(2)9-10-17(16)21(3,4)23-19(20)13-15;1-3-2;;;;;/h13,16-17,28H,7-12H2,1-6H3;11-13,16-17,22H,5-10H2,1-4H3;1H,2H3;1H4;3*1H;1H2/q;;+1;;;;;/t2*16-,17-;;;;;;/m11....../s1. The summed E-state index contributed by atoms with van der Waals surface area (Å²) in [5.41, 5.74) is 7.32. The van der Waals surface area contributed by atoms with Gasteiger partial charge in [0.05, 0.1) is 0 Å². The topological polar surface area (TPSA) is 113 Å². The highest BCUT2D eigenvalue weighted by molar-refractivity contribution is 7.59. The first-order valence-corrected chi connectivity index (χ1v) is 20.6. The molecule has 0 saturated carbocycles. The number of azo groups is 2. The summed E-state index contributed by atoms with van der Waals surface area (Å²) in [6.45, 7) is 21.9. The van der Waals surface area contributed by atoms with Gasteiger partial charge in [-0.1, -0.05) is 75.1 Å². The fraction of sp³-hybridized carbons (Fsp3) is 0.638. The summed E-state index contributed by atoms with van der Waals surface area (Å²) < 4.78 is 12.9. The van der Waals surface area contributed by atoms with Gasteiger partial charge in [-0.05, 0) is 111 Å². The molecule has 2 N–H and O–H groups in total. The van der Waals surface area contributed by atoms with Crippen LogP contribution in [0.25, 0.3) is 4.85 Å². The Morgan fingerprint density at radius 2 is 1.22 bits per heavy atom. The van der Waals surface area contributed by atoms with Gasteiger partial charge in [-0.15, -0.1) is 0 Å². The smallest absolute Gasteiger partial charge is 0.257 e. The number of aryl methyl sites for hydroxylation is 1. The van der Waals surface area contributed by atoms with Gasteiger partial charge in [-0.25, -0.2) is 0 Å². The highest BCUT2D eigenvalue weighted by Gasteiger charge is 2.48. The van der Waals surface area contributed by atoms with Crippen LogP contribution in [0, 0.1) is 18.4 Å². The van der Waals surface area contributed by atoms with E-state index in [-0.39, 0.29) is 69.7 Å². The molecule has 0 unspecified atom stereocenters. The van der Waals surface area contributed by atoms with E-state index >= 15 is 0 Å². The summed E-state index contributed by atoms with van der Waals surface area (Å²) in [7, 11) is 4.82. The number of hydrogen-bond acceptors (Lipinski definition) is 8. The molecule has 9 nitrogen and oxygen atoms in total. The maximum absolute atomic E-state index is 11.4. The van der Waals surface area contributed by atoms with E-state index in [9.17, 15) is 10.2 Å². The molecule has 0 bridgehead atoms. The fourth-order valence-electron chi connectivity index (χ4n) is 9.14. The maximum atomic E-state index is 11.4. The Balaban J connectivity index is 0. The summed E-state index contributed by atoms with van der Waals surface area (Å²) in [5.74, 6) is 3.24. The van der Waals surface area contributed by atoms with Crippen molar-refractivity contribution in [2.75, 3.05) is 21.1 Å². The molecule has 60 heavy (non-hydrogen) atoms. The SMILES string of the molecule is C.C#[N+]C.CCCCCc1c(N=NC)c(O)c2c(c1N=NC)OC(C)(C)[C@@H]1CCC(C)=C[C@@H]21.CCCCCc1cc(O)c2c(c1)OC(C)(C)[C@@H]1CCC(C)=C[C@@H]21.F.F.F.S. The van der Waals surface area contributed by atoms with Crippen LogP contribution in [0.2, 0.25) is 0 Å². The molecule has 0 aromatic heterocycles. The zero-order valence-electron chi connectivity index (χ0n) is 37.4. The van der Waals surface area contributed by atoms with E-state index in [2.05, 4.69) is 105 Å². The number of nitrogens with zero attached hydrogens (tertiary/aromatic N) is 5. The van der Waals surface area contributed by atoms with Crippen LogP contribution in [0.3, 0.4) is 0 Å². The average Bonchev–Trinajstić information content (AvgIpc) is 3.11. The first-order chi connectivity index (χ1) is 26.2. The van der Waals surface area contributed by atoms with Crippen LogP contribution in [-0.4, -0.2) is 42.6 Å². The van der Waals surface area contributed by atoms with Gasteiger partial charge in [-0.3, -0.25) is 14.1 Å². The molecule has 340 valence electrons. The Morgan fingerprint density at radius 1 is 0.750 bits per heavy atom. The van der Waals surface area contributed by atoms with Crippen molar-refractivity contribution in [3.05, 3.63) is 62.5 Å². The normalized spacial score (nSPS) is 20.9. The van der Waals surface area contributed by atoms with Crippen LogP contribution in [0.4, 0.5) is 25.5 Å². The number of aromatic hydroxyl groups is 2. The van der Waals surface area contributed by atoms with Crippen LogP contribution in [0.15, 0.2) is 55.9 Å². The van der Waals surface area contributed by atoms with Crippen molar-refractivity contribution in [1.29, 1.82) is 0 Å². The molecule has 2 aromatic carbocycles. The predicted molar refractivity (Wildman–Crippen MR) is 250 cm³/mol. The minimum Gasteiger partial charge on any atom is -0.507 e. The molecule has 13 heteroatoms. The minimum atomic E-state index is -0.353. The molecule has 2 aliphatic carbocycles. The van der Waals surface area contributed by atoms with Crippen molar-refractivity contribution in [3.63, 3.8) is 0 Å². The van der Waals surface area contributed by atoms with Gasteiger partial charge in [0.1, 0.15) is 34.1 Å². The number of fused-ring (bicyclic) bond motifs is 6. The van der Waals surface area contributed by atoms with Crippen molar-refractivity contribution >= 4 is 24.9 Å². The van der Waals surface area contributed by atoms with Crippen molar-refractivity contribution < 1.29 is 33.8 Å². The molecule has 4 aliphatic rings. The van der Waals surface area contributed by atoms with Gasteiger partial charge < -0.3 is 19.7 Å². The maximum Gasteiger partial charge on any atom is 0.257 e. The fourth-order valence-corrected chi connectivity index (χ4v) is 9.14. The van der Waals surface area contributed by atoms with Crippen LogP contribution >= 0.6 is 13.5 Å². The molecule has 6 rings (SSSR count). The first kappa shape index (κ1) is 58.0. The molecule has 4 atom stereocenters. The molecule has 2 aliphatic heterocycles. The van der Waals surface area contributed by atoms with Crippen molar-refractivity contribution in [3.8, 4) is 29.6 Å². The van der Waals surface area contributed by atoms with E-state index in [0.29, 0.717) is 28.8 Å². The number of phenols is 2. The number of allylic oxidation sites excluding steroid dienone is 4. The second kappa shape index (κ2) is 25.7. The summed E-state index contributed by atoms with van der Waals surface area (Å²) in [5, 5.41) is 38.9. The minimum absolute atomic E-state index is 0. The lowest BCUT2D eigenvalue weighted by Gasteiger charge is -2.47. The summed E-state index contributed by atoms with van der Waals surface area (Å²) in [6.07, 6.45) is 17.6. The number of halogens is 3.